The van der Waals surface area contributed by atoms with Gasteiger partial charge in [0.15, 0.2) is 0 Å². The molecule has 2 N–H and O–H groups in total. The Kier molecular flexibility index (Phi) is 5.50. The summed E-state index contributed by atoms with van der Waals surface area (Å²) in [4.78, 5) is 8.63. The van der Waals surface area contributed by atoms with Gasteiger partial charge in [-0.2, -0.15) is 13.2 Å². The van der Waals surface area contributed by atoms with Gasteiger partial charge in [-0.3, -0.25) is 4.98 Å². The first-order chi connectivity index (χ1) is 12.4. The number of alkyl halides is 3. The zero-order chi connectivity index (χ0) is 20.7. The molecule has 0 atom stereocenters. The van der Waals surface area contributed by atoms with E-state index in [0.29, 0.717) is 16.8 Å². The van der Waals surface area contributed by atoms with Crippen molar-refractivity contribution in [2.45, 2.75) is 47.7 Å². The van der Waals surface area contributed by atoms with Gasteiger partial charge in [0.25, 0.3) is 0 Å². The maximum Gasteiger partial charge on any atom is 0.417 e. The van der Waals surface area contributed by atoms with Crippen LogP contribution in [-0.4, -0.2) is 16.1 Å². The molecular weight excluding hydrogens is 351 g/mol. The number of aryl methyl sites for hydroxylation is 3. The van der Waals surface area contributed by atoms with E-state index in [-0.39, 0.29) is 16.8 Å². The third kappa shape index (κ3) is 3.89. The number of pyridine rings is 2. The van der Waals surface area contributed by atoms with Crippen molar-refractivity contribution < 1.29 is 13.2 Å². The lowest BCUT2D eigenvalue weighted by atomic mass is 9.92. The van der Waals surface area contributed by atoms with Crippen LogP contribution in [0.15, 0.2) is 35.6 Å². The third-order valence-corrected chi connectivity index (χ3v) is 4.47. The van der Waals surface area contributed by atoms with Crippen LogP contribution in [0, 0.1) is 20.8 Å². The zero-order valence-corrected chi connectivity index (χ0v) is 16.5. The molecule has 0 amide bonds. The molecule has 0 bridgehead atoms. The molecule has 0 aliphatic carbocycles. The molecule has 27 heavy (non-hydrogen) atoms. The molecule has 2 heterocycles. The second kappa shape index (κ2) is 7.18. The molecule has 3 nitrogen and oxygen atoms in total. The molecule has 144 valence electrons. The van der Waals surface area contributed by atoms with Crippen LogP contribution in [0.1, 0.15) is 43.3 Å². The first-order valence-corrected chi connectivity index (χ1v) is 8.50. The summed E-state index contributed by atoms with van der Waals surface area (Å²) in [7, 11) is 0. The van der Waals surface area contributed by atoms with E-state index >= 15 is 0 Å². The average molecular weight is 375 g/mol. The van der Waals surface area contributed by atoms with Gasteiger partial charge in [-0.1, -0.05) is 18.2 Å². The minimum Gasteiger partial charge on any atom is -0.383 e. The van der Waals surface area contributed by atoms with E-state index in [1.807, 2.05) is 13.8 Å². The van der Waals surface area contributed by atoms with Crippen molar-refractivity contribution in [3.05, 3.63) is 58.1 Å². The van der Waals surface area contributed by atoms with Gasteiger partial charge in [-0.25, -0.2) is 4.98 Å². The highest BCUT2D eigenvalue weighted by atomic mass is 19.4. The Labute approximate surface area is 157 Å². The fraction of sp³-hybridized carbons (Fsp3) is 0.333. The lowest BCUT2D eigenvalue weighted by Crippen LogP contribution is -2.15. The molecule has 0 radical (unpaired) electrons. The van der Waals surface area contributed by atoms with Crippen molar-refractivity contribution in [3.8, 4) is 0 Å². The number of aromatic nitrogens is 2. The van der Waals surface area contributed by atoms with E-state index in [1.165, 1.54) is 19.2 Å². The van der Waals surface area contributed by atoms with Gasteiger partial charge in [0, 0.05) is 22.9 Å². The Bertz CT molecular complexity index is 992. The summed E-state index contributed by atoms with van der Waals surface area (Å²) in [5.41, 5.74) is 8.46. The van der Waals surface area contributed by atoms with Gasteiger partial charge in [-0.15, -0.1) is 0 Å². The van der Waals surface area contributed by atoms with Crippen LogP contribution in [0.4, 0.5) is 19.0 Å². The molecule has 0 spiro atoms. The zero-order valence-electron chi connectivity index (χ0n) is 16.5. The van der Waals surface area contributed by atoms with E-state index in [1.54, 1.807) is 20.8 Å². The number of halogens is 3. The number of nitrogens with zero attached hydrogens (tertiary/aromatic N) is 2. The minimum absolute atomic E-state index is 0.0156. The molecule has 2 rings (SSSR count). The monoisotopic (exact) mass is 375 g/mol. The summed E-state index contributed by atoms with van der Waals surface area (Å²) in [5, 5.41) is 1.42. The molecule has 0 saturated heterocycles. The predicted molar refractivity (Wildman–Crippen MR) is 105 cm³/mol. The van der Waals surface area contributed by atoms with E-state index in [2.05, 4.69) is 16.5 Å². The van der Waals surface area contributed by atoms with E-state index in [4.69, 9.17) is 5.73 Å². The Morgan fingerprint density at radius 3 is 2.19 bits per heavy atom. The Hall–Kier alpha value is -2.63. The second-order valence-corrected chi connectivity index (χ2v) is 7.02. The number of rotatable bonds is 3. The summed E-state index contributed by atoms with van der Waals surface area (Å²) >= 11 is 0. The standard InChI is InChI=1S/C21H24F3N3/c1-10(2)8-15(18(11(3)4)21(22,23)24)19-13(6)17-12(5)14(7)27-20(25)16(17)9-26-19/h8-9H,3H2,1-2,4-7H3,(H2,25,27)/b18-15-. The van der Waals surface area contributed by atoms with Crippen molar-refractivity contribution >= 4 is 22.2 Å². The van der Waals surface area contributed by atoms with Gasteiger partial charge in [-0.05, 0) is 63.6 Å². The number of hydrogen-bond acceptors (Lipinski definition) is 3. The summed E-state index contributed by atoms with van der Waals surface area (Å²) in [6.07, 6.45) is -1.54. The van der Waals surface area contributed by atoms with Crippen molar-refractivity contribution in [1.82, 2.24) is 9.97 Å². The number of allylic oxidation sites excluding steroid dienone is 5. The van der Waals surface area contributed by atoms with Crippen LogP contribution in [0.2, 0.25) is 0 Å². The molecular formula is C21H24F3N3. The molecule has 0 unspecified atom stereocenters. The summed E-state index contributed by atoms with van der Waals surface area (Å²) < 4.78 is 41.4. The highest BCUT2D eigenvalue weighted by molar-refractivity contribution is 5.98. The normalized spacial score (nSPS) is 12.8. The van der Waals surface area contributed by atoms with Crippen molar-refractivity contribution in [2.24, 2.45) is 0 Å². The first-order valence-electron chi connectivity index (χ1n) is 8.50. The molecule has 6 heteroatoms. The fourth-order valence-corrected chi connectivity index (χ4v) is 3.24. The molecule has 2 aromatic heterocycles. The summed E-state index contributed by atoms with van der Waals surface area (Å²) in [6, 6.07) is 0. The van der Waals surface area contributed by atoms with Crippen LogP contribution in [0.25, 0.3) is 16.3 Å². The number of nitrogen functional groups attached to an aromatic ring is 1. The van der Waals surface area contributed by atoms with E-state index < -0.39 is 11.7 Å². The molecule has 0 aliphatic heterocycles. The second-order valence-electron chi connectivity index (χ2n) is 7.02. The summed E-state index contributed by atoms with van der Waals surface area (Å²) in [6.45, 7) is 13.9. The number of nitrogens with two attached hydrogens (primary N) is 1. The van der Waals surface area contributed by atoms with Crippen LogP contribution in [0.3, 0.4) is 0 Å². The summed E-state index contributed by atoms with van der Waals surface area (Å²) in [5.74, 6) is 0.318. The maximum atomic E-state index is 13.8. The van der Waals surface area contributed by atoms with Crippen LogP contribution in [-0.2, 0) is 0 Å². The molecule has 0 aromatic carbocycles. The number of fused-ring (bicyclic) bond motifs is 1. The van der Waals surface area contributed by atoms with Gasteiger partial charge < -0.3 is 5.73 Å². The lowest BCUT2D eigenvalue weighted by Gasteiger charge is -2.19. The average Bonchev–Trinajstić information content (AvgIpc) is 2.49. The molecule has 2 aromatic rings. The highest BCUT2D eigenvalue weighted by Crippen LogP contribution is 2.39. The Morgan fingerprint density at radius 2 is 1.70 bits per heavy atom. The predicted octanol–water partition coefficient (Wildman–Crippen LogP) is 6.00. The first kappa shape index (κ1) is 20.7. The third-order valence-electron chi connectivity index (χ3n) is 4.47. The van der Waals surface area contributed by atoms with Crippen molar-refractivity contribution in [2.75, 3.05) is 5.73 Å². The number of anilines is 1. The molecule has 0 saturated carbocycles. The van der Waals surface area contributed by atoms with E-state index in [0.717, 1.165) is 22.2 Å². The van der Waals surface area contributed by atoms with Crippen molar-refractivity contribution in [3.63, 3.8) is 0 Å². The largest absolute Gasteiger partial charge is 0.417 e. The van der Waals surface area contributed by atoms with Gasteiger partial charge in [0.2, 0.25) is 0 Å². The SMILES string of the molecule is C=C(C)/C(=C(\C=C(C)C)c1ncc2c(N)nc(C)c(C)c2c1C)C(F)(F)F. The van der Waals surface area contributed by atoms with Gasteiger partial charge in [0.1, 0.15) is 5.82 Å². The molecule has 0 aliphatic rings. The highest BCUT2D eigenvalue weighted by Gasteiger charge is 2.37. The van der Waals surface area contributed by atoms with Gasteiger partial charge in [0.05, 0.1) is 11.3 Å². The van der Waals surface area contributed by atoms with Crippen LogP contribution >= 0.6 is 0 Å². The topological polar surface area (TPSA) is 51.8 Å². The van der Waals surface area contributed by atoms with Crippen LogP contribution in [0.5, 0.6) is 0 Å². The van der Waals surface area contributed by atoms with Gasteiger partial charge >= 0.3 is 6.18 Å². The Balaban J connectivity index is 3.05. The smallest absolute Gasteiger partial charge is 0.383 e. The minimum atomic E-state index is -4.54. The quantitative estimate of drug-likeness (QED) is 0.670. The number of hydrogen-bond donors (Lipinski definition) is 1. The van der Waals surface area contributed by atoms with Crippen molar-refractivity contribution in [1.29, 1.82) is 0 Å². The fourth-order valence-electron chi connectivity index (χ4n) is 3.24. The molecule has 0 fully saturated rings. The lowest BCUT2D eigenvalue weighted by molar-refractivity contribution is -0.0886. The van der Waals surface area contributed by atoms with Crippen LogP contribution < -0.4 is 5.73 Å². The maximum absolute atomic E-state index is 13.8. The Morgan fingerprint density at radius 1 is 1.11 bits per heavy atom. The van der Waals surface area contributed by atoms with E-state index in [9.17, 15) is 13.2 Å².